The lowest BCUT2D eigenvalue weighted by Crippen LogP contribution is -2.38. The van der Waals surface area contributed by atoms with Gasteiger partial charge in [-0.25, -0.2) is 9.59 Å². The average molecular weight is 274 g/mol. The minimum Gasteiger partial charge on any atom is -0.478 e. The number of carboxylic acids is 1. The summed E-state index contributed by atoms with van der Waals surface area (Å²) >= 11 is 0. The third-order valence-corrected chi connectivity index (χ3v) is 4.62. The number of carbonyl (C=O) groups is 2. The van der Waals surface area contributed by atoms with Crippen LogP contribution in [0.2, 0.25) is 0 Å². The summed E-state index contributed by atoms with van der Waals surface area (Å²) in [6.45, 7) is 0. The third-order valence-electron chi connectivity index (χ3n) is 4.62. The maximum atomic E-state index is 12.2. The van der Waals surface area contributed by atoms with Gasteiger partial charge in [-0.05, 0) is 56.1 Å². The van der Waals surface area contributed by atoms with E-state index in [4.69, 9.17) is 9.84 Å². The van der Waals surface area contributed by atoms with E-state index in [1.807, 2.05) is 0 Å². The number of hydrogen-bond acceptors (Lipinski definition) is 3. The van der Waals surface area contributed by atoms with Crippen LogP contribution in [-0.2, 0) is 4.74 Å². The monoisotopic (exact) mass is 274 g/mol. The first-order valence-electron chi connectivity index (χ1n) is 7.18. The summed E-state index contributed by atoms with van der Waals surface area (Å²) in [5.74, 6) is -0.461. The van der Waals surface area contributed by atoms with Gasteiger partial charge in [-0.3, -0.25) is 0 Å². The lowest BCUT2D eigenvalue weighted by Gasteiger charge is -2.41. The van der Waals surface area contributed by atoms with Gasteiger partial charge >= 0.3 is 11.9 Å². The smallest absolute Gasteiger partial charge is 0.339 e. The summed E-state index contributed by atoms with van der Waals surface area (Å²) in [6.07, 6.45) is 5.64. The van der Waals surface area contributed by atoms with Gasteiger partial charge in [-0.1, -0.05) is 12.1 Å². The Kier molecular flexibility index (Phi) is 3.47. The van der Waals surface area contributed by atoms with Crippen molar-refractivity contribution in [2.75, 3.05) is 0 Å². The van der Waals surface area contributed by atoms with Gasteiger partial charge in [0.15, 0.2) is 0 Å². The molecule has 1 aromatic rings. The second kappa shape index (κ2) is 5.27. The molecule has 3 saturated carbocycles. The van der Waals surface area contributed by atoms with E-state index in [0.717, 1.165) is 19.3 Å². The molecule has 4 heteroatoms. The molecule has 106 valence electrons. The zero-order valence-electron chi connectivity index (χ0n) is 11.2. The van der Waals surface area contributed by atoms with Gasteiger partial charge < -0.3 is 9.84 Å². The van der Waals surface area contributed by atoms with Crippen LogP contribution in [0.3, 0.4) is 0 Å². The first kappa shape index (κ1) is 13.2. The predicted molar refractivity (Wildman–Crippen MR) is 72.7 cm³/mol. The van der Waals surface area contributed by atoms with Crippen molar-refractivity contribution in [2.45, 2.75) is 38.2 Å². The van der Waals surface area contributed by atoms with E-state index in [-0.39, 0.29) is 17.2 Å². The van der Waals surface area contributed by atoms with Gasteiger partial charge in [0.25, 0.3) is 0 Å². The van der Waals surface area contributed by atoms with Gasteiger partial charge in [0, 0.05) is 0 Å². The molecule has 1 atom stereocenters. The fourth-order valence-corrected chi connectivity index (χ4v) is 3.51. The van der Waals surface area contributed by atoms with Gasteiger partial charge in [0.2, 0.25) is 0 Å². The summed E-state index contributed by atoms with van der Waals surface area (Å²) in [5, 5.41) is 9.12. The Bertz CT molecular complexity index is 529. The Labute approximate surface area is 117 Å². The van der Waals surface area contributed by atoms with Crippen LogP contribution in [0.5, 0.6) is 0 Å². The summed E-state index contributed by atoms with van der Waals surface area (Å²) in [5.41, 5.74) is 0.167. The first-order chi connectivity index (χ1) is 9.65. The molecule has 4 rings (SSSR count). The standard InChI is InChI=1S/C16H18O4/c17-15(18)12-3-1-2-4-13(12)16(19)20-14-9-10-5-7-11(14)8-6-10/h1-4,10-11,14H,5-9H2,(H,17,18). The van der Waals surface area contributed by atoms with Crippen LogP contribution in [0, 0.1) is 11.8 Å². The number of hydrogen-bond donors (Lipinski definition) is 1. The number of ether oxygens (including phenoxy) is 1. The van der Waals surface area contributed by atoms with Crippen LogP contribution in [-0.4, -0.2) is 23.1 Å². The molecule has 1 aromatic carbocycles. The topological polar surface area (TPSA) is 63.6 Å². The molecular formula is C16H18O4. The number of fused-ring (bicyclic) bond motifs is 3. The maximum absolute atomic E-state index is 12.2. The van der Waals surface area contributed by atoms with Crippen LogP contribution in [0.25, 0.3) is 0 Å². The highest BCUT2D eigenvalue weighted by Crippen LogP contribution is 2.42. The second-order valence-electron chi connectivity index (χ2n) is 5.81. The Morgan fingerprint density at radius 3 is 2.25 bits per heavy atom. The van der Waals surface area contributed by atoms with Crippen LogP contribution in [0.4, 0.5) is 0 Å². The van der Waals surface area contributed by atoms with Crippen molar-refractivity contribution in [3.05, 3.63) is 35.4 Å². The van der Waals surface area contributed by atoms with E-state index in [2.05, 4.69) is 0 Å². The van der Waals surface area contributed by atoms with E-state index in [1.54, 1.807) is 12.1 Å². The minimum atomic E-state index is -1.09. The molecule has 0 aromatic heterocycles. The Morgan fingerprint density at radius 1 is 1.05 bits per heavy atom. The van der Waals surface area contributed by atoms with Crippen LogP contribution in [0.1, 0.15) is 52.8 Å². The molecule has 3 aliphatic rings. The van der Waals surface area contributed by atoms with E-state index in [1.165, 1.54) is 25.0 Å². The van der Waals surface area contributed by atoms with E-state index in [0.29, 0.717) is 11.8 Å². The molecule has 1 unspecified atom stereocenters. The Balaban J connectivity index is 1.75. The van der Waals surface area contributed by atoms with Gasteiger partial charge in [-0.15, -0.1) is 0 Å². The molecule has 0 saturated heterocycles. The third kappa shape index (κ3) is 2.42. The number of esters is 1. The van der Waals surface area contributed by atoms with Crippen molar-refractivity contribution < 1.29 is 19.4 Å². The van der Waals surface area contributed by atoms with Crippen LogP contribution in [0.15, 0.2) is 24.3 Å². The summed E-state index contributed by atoms with van der Waals surface area (Å²) < 4.78 is 5.60. The molecule has 0 spiro atoms. The number of rotatable bonds is 3. The Hall–Kier alpha value is -1.84. The van der Waals surface area contributed by atoms with Crippen molar-refractivity contribution in [3.63, 3.8) is 0 Å². The van der Waals surface area contributed by atoms with Crippen molar-refractivity contribution in [1.29, 1.82) is 0 Å². The second-order valence-corrected chi connectivity index (χ2v) is 5.81. The summed E-state index contributed by atoms with van der Waals surface area (Å²) in [7, 11) is 0. The van der Waals surface area contributed by atoms with Gasteiger partial charge in [-0.2, -0.15) is 0 Å². The van der Waals surface area contributed by atoms with Crippen molar-refractivity contribution in [3.8, 4) is 0 Å². The molecule has 0 aliphatic heterocycles. The molecule has 1 N–H and O–H groups in total. The fraction of sp³-hybridized carbons (Fsp3) is 0.500. The molecule has 20 heavy (non-hydrogen) atoms. The predicted octanol–water partition coefficient (Wildman–Crippen LogP) is 3.12. The summed E-state index contributed by atoms with van der Waals surface area (Å²) in [4.78, 5) is 23.4. The first-order valence-corrected chi connectivity index (χ1v) is 7.18. The SMILES string of the molecule is O=C(O)c1ccccc1C(=O)OC1CC2CCC1CC2. The molecule has 4 nitrogen and oxygen atoms in total. The van der Waals surface area contributed by atoms with Crippen molar-refractivity contribution in [1.82, 2.24) is 0 Å². The normalized spacial score (nSPS) is 28.1. The summed E-state index contributed by atoms with van der Waals surface area (Å²) in [6, 6.07) is 6.23. The zero-order chi connectivity index (χ0) is 14.1. The number of carboxylic acid groups (broad SMARTS) is 1. The highest BCUT2D eigenvalue weighted by atomic mass is 16.5. The lowest BCUT2D eigenvalue weighted by atomic mass is 9.69. The molecule has 3 aliphatic carbocycles. The molecule has 3 fully saturated rings. The number of benzene rings is 1. The maximum Gasteiger partial charge on any atom is 0.339 e. The number of carbonyl (C=O) groups excluding carboxylic acids is 1. The molecule has 0 amide bonds. The van der Waals surface area contributed by atoms with Crippen molar-refractivity contribution >= 4 is 11.9 Å². The average Bonchev–Trinajstić information content (AvgIpc) is 2.48. The van der Waals surface area contributed by atoms with E-state index in [9.17, 15) is 9.59 Å². The van der Waals surface area contributed by atoms with Gasteiger partial charge in [0.1, 0.15) is 6.10 Å². The lowest BCUT2D eigenvalue weighted by molar-refractivity contribution is -0.0306. The van der Waals surface area contributed by atoms with E-state index >= 15 is 0 Å². The van der Waals surface area contributed by atoms with Crippen LogP contribution < -0.4 is 0 Å². The number of aromatic carboxylic acids is 1. The zero-order valence-corrected chi connectivity index (χ0v) is 11.2. The van der Waals surface area contributed by atoms with Crippen molar-refractivity contribution in [2.24, 2.45) is 11.8 Å². The Morgan fingerprint density at radius 2 is 1.70 bits per heavy atom. The molecule has 0 radical (unpaired) electrons. The quantitative estimate of drug-likeness (QED) is 0.860. The minimum absolute atomic E-state index is 0.0125. The highest BCUT2D eigenvalue weighted by molar-refractivity contribution is 6.02. The fourth-order valence-electron chi connectivity index (χ4n) is 3.51. The largest absolute Gasteiger partial charge is 0.478 e. The molecule has 0 heterocycles. The van der Waals surface area contributed by atoms with Gasteiger partial charge in [0.05, 0.1) is 11.1 Å². The highest BCUT2D eigenvalue weighted by Gasteiger charge is 2.38. The molecule has 2 bridgehead atoms. The van der Waals surface area contributed by atoms with E-state index < -0.39 is 11.9 Å². The van der Waals surface area contributed by atoms with Crippen LogP contribution >= 0.6 is 0 Å². The molecular weight excluding hydrogens is 256 g/mol.